The number of aliphatic hydroxyl groups is 2. The minimum Gasteiger partial charge on any atom is -0.461 e. The van der Waals surface area contributed by atoms with Crippen LogP contribution in [0.15, 0.2) is 72.9 Å². The van der Waals surface area contributed by atoms with E-state index in [9.17, 15) is 19.8 Å². The molecule has 0 aromatic carbocycles. The Morgan fingerprint density at radius 1 is 0.525 bits per heavy atom. The zero-order chi connectivity index (χ0) is 43.1. The van der Waals surface area contributed by atoms with Crippen molar-refractivity contribution in [3.63, 3.8) is 0 Å². The monoisotopic (exact) mass is 824 g/mol. The van der Waals surface area contributed by atoms with E-state index in [0.29, 0.717) is 19.3 Å². The molecule has 3 atom stereocenters. The summed E-state index contributed by atoms with van der Waals surface area (Å²) in [5, 5.41) is 23.6. The van der Waals surface area contributed by atoms with Crippen molar-refractivity contribution in [1.82, 2.24) is 5.32 Å². The fourth-order valence-electron chi connectivity index (χ4n) is 7.15. The number of carbonyl (C=O) groups is 2. The molecule has 0 fully saturated rings. The number of esters is 1. The van der Waals surface area contributed by atoms with E-state index in [2.05, 4.69) is 44.3 Å². The molecule has 0 saturated carbocycles. The third-order valence-electron chi connectivity index (χ3n) is 10.9. The van der Waals surface area contributed by atoms with Crippen molar-refractivity contribution >= 4 is 11.9 Å². The van der Waals surface area contributed by atoms with Crippen molar-refractivity contribution in [3.05, 3.63) is 72.9 Å². The second-order valence-corrected chi connectivity index (χ2v) is 16.6. The van der Waals surface area contributed by atoms with Crippen molar-refractivity contribution in [2.75, 3.05) is 6.61 Å². The molecular formula is C53H93NO5. The van der Waals surface area contributed by atoms with Crippen molar-refractivity contribution < 1.29 is 24.5 Å². The molecule has 0 aromatic rings. The van der Waals surface area contributed by atoms with Gasteiger partial charge in [0.2, 0.25) is 5.91 Å². The third-order valence-corrected chi connectivity index (χ3v) is 10.9. The molecule has 1 amide bonds. The Kier molecular flexibility index (Phi) is 44.2. The topological polar surface area (TPSA) is 95.9 Å². The lowest BCUT2D eigenvalue weighted by Crippen LogP contribution is -2.46. The smallest absolute Gasteiger partial charge is 0.306 e. The van der Waals surface area contributed by atoms with E-state index in [0.717, 1.165) is 57.8 Å². The molecule has 0 rings (SSSR count). The zero-order valence-electron chi connectivity index (χ0n) is 38.6. The SMILES string of the molecule is CC/C=C/C=C/C=C\C=C/C=C/CC(CC(=O)NC(CO)C(O)CCCCCCCCCCCCC)OC(=O)CCCCCCC/C=C/CCCCCCCCCCC. The fourth-order valence-corrected chi connectivity index (χ4v) is 7.15. The van der Waals surface area contributed by atoms with E-state index in [-0.39, 0.29) is 24.9 Å². The lowest BCUT2D eigenvalue weighted by atomic mass is 10.0. The van der Waals surface area contributed by atoms with Gasteiger partial charge < -0.3 is 20.3 Å². The van der Waals surface area contributed by atoms with Crippen molar-refractivity contribution in [1.29, 1.82) is 0 Å². The first-order valence-electron chi connectivity index (χ1n) is 24.7. The summed E-state index contributed by atoms with van der Waals surface area (Å²) in [6, 6.07) is -0.742. The highest BCUT2D eigenvalue weighted by atomic mass is 16.5. The highest BCUT2D eigenvalue weighted by Crippen LogP contribution is 2.16. The Hall–Kier alpha value is -2.70. The van der Waals surface area contributed by atoms with Crippen LogP contribution in [-0.2, 0) is 14.3 Å². The maximum absolute atomic E-state index is 13.1. The summed E-state index contributed by atoms with van der Waals surface area (Å²) >= 11 is 0. The number of carbonyl (C=O) groups excluding carboxylic acids is 2. The Morgan fingerprint density at radius 3 is 1.42 bits per heavy atom. The van der Waals surface area contributed by atoms with Crippen LogP contribution < -0.4 is 5.32 Å². The minimum absolute atomic E-state index is 0.0237. The van der Waals surface area contributed by atoms with Gasteiger partial charge in [0.1, 0.15) is 6.10 Å². The van der Waals surface area contributed by atoms with Gasteiger partial charge in [0.15, 0.2) is 0 Å². The van der Waals surface area contributed by atoms with Crippen molar-refractivity contribution in [2.24, 2.45) is 0 Å². The molecule has 3 N–H and O–H groups in total. The Labute approximate surface area is 364 Å². The van der Waals surface area contributed by atoms with Crippen LogP contribution in [0.1, 0.15) is 226 Å². The van der Waals surface area contributed by atoms with Gasteiger partial charge in [0, 0.05) is 12.8 Å². The molecule has 0 radical (unpaired) electrons. The first-order valence-corrected chi connectivity index (χ1v) is 24.7. The van der Waals surface area contributed by atoms with E-state index in [4.69, 9.17) is 4.74 Å². The minimum atomic E-state index is -0.820. The summed E-state index contributed by atoms with van der Waals surface area (Å²) in [4.78, 5) is 26.0. The summed E-state index contributed by atoms with van der Waals surface area (Å²) in [5.74, 6) is -0.619. The zero-order valence-corrected chi connectivity index (χ0v) is 38.6. The molecule has 0 aliphatic heterocycles. The van der Waals surface area contributed by atoms with Crippen LogP contribution in [0.5, 0.6) is 0 Å². The van der Waals surface area contributed by atoms with Gasteiger partial charge in [0.05, 0.1) is 25.2 Å². The molecule has 0 aliphatic rings. The van der Waals surface area contributed by atoms with Crippen LogP contribution in [0.4, 0.5) is 0 Å². The van der Waals surface area contributed by atoms with Crippen molar-refractivity contribution in [2.45, 2.75) is 244 Å². The molecule has 340 valence electrons. The largest absolute Gasteiger partial charge is 0.461 e. The molecule has 59 heavy (non-hydrogen) atoms. The summed E-state index contributed by atoms with van der Waals surface area (Å²) in [5.41, 5.74) is 0. The van der Waals surface area contributed by atoms with Gasteiger partial charge in [-0.2, -0.15) is 0 Å². The predicted molar refractivity (Wildman–Crippen MR) is 255 cm³/mol. The number of nitrogens with one attached hydrogen (secondary N) is 1. The Morgan fingerprint density at radius 2 is 0.949 bits per heavy atom. The first kappa shape index (κ1) is 56.3. The average molecular weight is 824 g/mol. The predicted octanol–water partition coefficient (Wildman–Crippen LogP) is 14.6. The molecule has 0 heterocycles. The molecule has 0 spiro atoms. The molecule has 0 bridgehead atoms. The molecule has 0 aromatic heterocycles. The fraction of sp³-hybridized carbons (Fsp3) is 0.736. The summed E-state index contributed by atoms with van der Waals surface area (Å²) in [6.45, 7) is 6.28. The number of hydrogen-bond donors (Lipinski definition) is 3. The number of rotatable bonds is 43. The first-order chi connectivity index (χ1) is 29.0. The maximum Gasteiger partial charge on any atom is 0.306 e. The second-order valence-electron chi connectivity index (χ2n) is 16.6. The van der Waals surface area contributed by atoms with Gasteiger partial charge in [-0.1, -0.05) is 235 Å². The lowest BCUT2D eigenvalue weighted by molar-refractivity contribution is -0.150. The van der Waals surface area contributed by atoms with E-state index in [1.165, 1.54) is 122 Å². The van der Waals surface area contributed by atoms with Crippen LogP contribution >= 0.6 is 0 Å². The van der Waals surface area contributed by atoms with Crippen LogP contribution in [0.25, 0.3) is 0 Å². The Balaban J connectivity index is 4.64. The van der Waals surface area contributed by atoms with E-state index in [1.807, 2.05) is 54.7 Å². The van der Waals surface area contributed by atoms with E-state index in [1.54, 1.807) is 0 Å². The summed E-state index contributed by atoms with van der Waals surface area (Å²) in [6.07, 6.45) is 58.5. The molecule has 3 unspecified atom stereocenters. The average Bonchev–Trinajstić information content (AvgIpc) is 3.23. The van der Waals surface area contributed by atoms with Gasteiger partial charge in [-0.25, -0.2) is 0 Å². The number of amides is 1. The number of aliphatic hydroxyl groups excluding tert-OH is 2. The maximum atomic E-state index is 13.1. The van der Waals surface area contributed by atoms with Crippen molar-refractivity contribution in [3.8, 4) is 0 Å². The van der Waals surface area contributed by atoms with Crippen LogP contribution in [-0.4, -0.2) is 46.9 Å². The lowest BCUT2D eigenvalue weighted by Gasteiger charge is -2.24. The molecule has 6 nitrogen and oxygen atoms in total. The number of hydrogen-bond acceptors (Lipinski definition) is 5. The standard InChI is InChI=1S/C53H93NO5/c1-4-7-10-13-16-19-22-23-24-25-26-27-28-31-34-37-40-43-46-53(58)59-49(44-41-38-35-32-29-20-17-14-11-8-5-2)47-52(57)54-50(48-55)51(56)45-42-39-36-33-30-21-18-15-12-9-6-3/h8,11,14,17,20,26-27,29,32,35,38,41,49-51,55-56H,4-7,9-10,12-13,15-16,18-19,21-25,28,30-31,33-34,36-37,39-40,42-48H2,1-3H3,(H,54,57)/b11-8+,17-14+,27-26+,29-20-,35-32-,41-38+. The van der Waals surface area contributed by atoms with Crippen LogP contribution in [0.2, 0.25) is 0 Å². The Bertz CT molecular complexity index is 1110. The highest BCUT2D eigenvalue weighted by Gasteiger charge is 2.23. The molecule has 0 saturated heterocycles. The van der Waals surface area contributed by atoms with Gasteiger partial charge in [-0.05, 0) is 44.9 Å². The number of ether oxygens (including phenoxy) is 1. The third kappa shape index (κ3) is 41.8. The number of unbranched alkanes of at least 4 members (excludes halogenated alkanes) is 24. The second kappa shape index (κ2) is 46.4. The summed E-state index contributed by atoms with van der Waals surface area (Å²) < 4.78 is 5.83. The van der Waals surface area contributed by atoms with Gasteiger partial charge in [-0.15, -0.1) is 0 Å². The molecular weight excluding hydrogens is 731 g/mol. The highest BCUT2D eigenvalue weighted by molar-refractivity contribution is 5.77. The van der Waals surface area contributed by atoms with E-state index >= 15 is 0 Å². The van der Waals surface area contributed by atoms with Crippen LogP contribution in [0, 0.1) is 0 Å². The normalized spacial score (nSPS) is 13.9. The van der Waals surface area contributed by atoms with Gasteiger partial charge in [-0.3, -0.25) is 9.59 Å². The van der Waals surface area contributed by atoms with Gasteiger partial charge in [0.25, 0.3) is 0 Å². The number of allylic oxidation sites excluding steroid dienone is 11. The molecule has 6 heteroatoms. The summed E-state index contributed by atoms with van der Waals surface area (Å²) in [7, 11) is 0. The molecule has 0 aliphatic carbocycles. The van der Waals surface area contributed by atoms with E-state index < -0.39 is 18.2 Å². The quantitative estimate of drug-likeness (QED) is 0.0246. The van der Waals surface area contributed by atoms with Gasteiger partial charge >= 0.3 is 5.97 Å². The van der Waals surface area contributed by atoms with Crippen LogP contribution in [0.3, 0.4) is 0 Å².